The molecule has 0 radical (unpaired) electrons. The average Bonchev–Trinajstić information content (AvgIpc) is 2.15. The Labute approximate surface area is 68.2 Å². The van der Waals surface area contributed by atoms with Crippen LogP contribution in [0.15, 0.2) is 0 Å². The maximum atomic E-state index is 10.0. The molecular formula is C8H18N2O. The minimum absolute atomic E-state index is 0.179. The topological polar surface area (TPSA) is 49.5 Å². The third-order valence-corrected chi connectivity index (χ3v) is 3.29. The van der Waals surface area contributed by atoms with E-state index in [1.807, 2.05) is 20.9 Å². The van der Waals surface area contributed by atoms with Crippen LogP contribution in [-0.2, 0) is 0 Å². The molecule has 66 valence electrons. The molecule has 1 atom stereocenters. The summed E-state index contributed by atoms with van der Waals surface area (Å²) in [6.45, 7) is 5.35. The van der Waals surface area contributed by atoms with Crippen molar-refractivity contribution in [2.75, 3.05) is 20.1 Å². The highest BCUT2D eigenvalue weighted by Gasteiger charge is 2.49. The van der Waals surface area contributed by atoms with E-state index in [4.69, 9.17) is 5.73 Å². The summed E-state index contributed by atoms with van der Waals surface area (Å²) in [4.78, 5) is 2.15. The lowest BCUT2D eigenvalue weighted by atomic mass is 9.84. The number of hydrogen-bond acceptors (Lipinski definition) is 3. The first kappa shape index (κ1) is 8.97. The maximum Gasteiger partial charge on any atom is 0.0958 e. The fourth-order valence-corrected chi connectivity index (χ4v) is 1.65. The number of likely N-dealkylation sites (N-methyl/N-ethyl adjacent to an activating group) is 1. The van der Waals surface area contributed by atoms with Crippen LogP contribution in [0.25, 0.3) is 0 Å². The second-order valence-corrected chi connectivity index (χ2v) is 3.97. The molecule has 1 saturated heterocycles. The van der Waals surface area contributed by atoms with Gasteiger partial charge in [-0.05, 0) is 27.3 Å². The van der Waals surface area contributed by atoms with Crippen molar-refractivity contribution in [3.8, 4) is 0 Å². The van der Waals surface area contributed by atoms with Gasteiger partial charge in [0, 0.05) is 18.6 Å². The Balaban J connectivity index is 2.86. The van der Waals surface area contributed by atoms with Gasteiger partial charge in [0.2, 0.25) is 0 Å². The van der Waals surface area contributed by atoms with Gasteiger partial charge in [-0.3, -0.25) is 4.90 Å². The second-order valence-electron chi connectivity index (χ2n) is 3.97. The maximum absolute atomic E-state index is 10.0. The standard InChI is InChI=1S/C8H18N2O/c1-7(2)8(11,6-9)4-5-10(7)3/h11H,4-6,9H2,1-3H3. The van der Waals surface area contributed by atoms with E-state index in [0.29, 0.717) is 6.54 Å². The van der Waals surface area contributed by atoms with Crippen molar-refractivity contribution < 1.29 is 5.11 Å². The lowest BCUT2D eigenvalue weighted by molar-refractivity contribution is -0.0299. The molecule has 0 aromatic carbocycles. The summed E-state index contributed by atoms with van der Waals surface area (Å²) in [5.74, 6) is 0. The van der Waals surface area contributed by atoms with Crippen LogP contribution < -0.4 is 5.73 Å². The number of likely N-dealkylation sites (tertiary alicyclic amines) is 1. The van der Waals surface area contributed by atoms with E-state index in [9.17, 15) is 5.11 Å². The van der Waals surface area contributed by atoms with E-state index in [-0.39, 0.29) is 5.54 Å². The van der Waals surface area contributed by atoms with Gasteiger partial charge in [0.25, 0.3) is 0 Å². The van der Waals surface area contributed by atoms with Crippen molar-refractivity contribution in [3.63, 3.8) is 0 Å². The summed E-state index contributed by atoms with van der Waals surface area (Å²) in [7, 11) is 2.02. The average molecular weight is 158 g/mol. The van der Waals surface area contributed by atoms with Crippen molar-refractivity contribution >= 4 is 0 Å². The fraction of sp³-hybridized carbons (Fsp3) is 1.00. The molecule has 3 heteroatoms. The Morgan fingerprint density at radius 1 is 1.55 bits per heavy atom. The fourth-order valence-electron chi connectivity index (χ4n) is 1.65. The van der Waals surface area contributed by atoms with Gasteiger partial charge in [-0.1, -0.05) is 0 Å². The highest BCUT2D eigenvalue weighted by Crippen LogP contribution is 2.35. The van der Waals surface area contributed by atoms with Crippen LogP contribution in [0.3, 0.4) is 0 Å². The predicted octanol–water partition coefficient (Wildman–Crippen LogP) is -0.210. The molecule has 0 spiro atoms. The zero-order chi connectivity index (χ0) is 8.70. The Morgan fingerprint density at radius 2 is 2.09 bits per heavy atom. The molecule has 1 unspecified atom stereocenters. The van der Waals surface area contributed by atoms with Gasteiger partial charge in [-0.15, -0.1) is 0 Å². The number of rotatable bonds is 1. The van der Waals surface area contributed by atoms with Gasteiger partial charge in [-0.2, -0.15) is 0 Å². The van der Waals surface area contributed by atoms with Crippen LogP contribution >= 0.6 is 0 Å². The largest absolute Gasteiger partial charge is 0.387 e. The molecule has 3 N–H and O–H groups in total. The van der Waals surface area contributed by atoms with Crippen LogP contribution in [0.2, 0.25) is 0 Å². The summed E-state index contributed by atoms with van der Waals surface area (Å²) in [6, 6.07) is 0. The molecule has 1 aliphatic heterocycles. The summed E-state index contributed by atoms with van der Waals surface area (Å²) in [5, 5.41) is 10.0. The Kier molecular flexibility index (Phi) is 1.99. The first-order valence-electron chi connectivity index (χ1n) is 4.08. The molecule has 0 amide bonds. The third-order valence-electron chi connectivity index (χ3n) is 3.29. The highest BCUT2D eigenvalue weighted by molar-refractivity contribution is 5.06. The minimum atomic E-state index is -0.693. The molecule has 11 heavy (non-hydrogen) atoms. The molecule has 1 heterocycles. The van der Waals surface area contributed by atoms with E-state index in [2.05, 4.69) is 4.90 Å². The molecule has 0 aromatic rings. The van der Waals surface area contributed by atoms with E-state index in [1.54, 1.807) is 0 Å². The predicted molar refractivity (Wildman–Crippen MR) is 45.3 cm³/mol. The molecule has 0 saturated carbocycles. The lowest BCUT2D eigenvalue weighted by Gasteiger charge is -2.39. The Morgan fingerprint density at radius 3 is 2.27 bits per heavy atom. The molecule has 0 aliphatic carbocycles. The summed E-state index contributed by atoms with van der Waals surface area (Å²) in [5.41, 5.74) is 4.66. The van der Waals surface area contributed by atoms with Crippen LogP contribution in [0.5, 0.6) is 0 Å². The molecule has 3 nitrogen and oxygen atoms in total. The van der Waals surface area contributed by atoms with Gasteiger partial charge in [0.1, 0.15) is 0 Å². The SMILES string of the molecule is CN1CCC(O)(CN)C1(C)C. The molecule has 1 aliphatic rings. The van der Waals surface area contributed by atoms with Crippen LogP contribution in [-0.4, -0.2) is 41.3 Å². The first-order valence-corrected chi connectivity index (χ1v) is 4.08. The molecule has 0 bridgehead atoms. The van der Waals surface area contributed by atoms with Crippen LogP contribution in [0.1, 0.15) is 20.3 Å². The third kappa shape index (κ3) is 1.08. The van der Waals surface area contributed by atoms with E-state index in [1.165, 1.54) is 0 Å². The van der Waals surface area contributed by atoms with Gasteiger partial charge < -0.3 is 10.8 Å². The Bertz CT molecular complexity index is 155. The normalized spacial score (nSPS) is 37.9. The second kappa shape index (κ2) is 2.44. The van der Waals surface area contributed by atoms with Crippen molar-refractivity contribution in [1.29, 1.82) is 0 Å². The smallest absolute Gasteiger partial charge is 0.0958 e. The summed E-state index contributed by atoms with van der Waals surface area (Å²) in [6.07, 6.45) is 0.785. The van der Waals surface area contributed by atoms with Crippen molar-refractivity contribution in [3.05, 3.63) is 0 Å². The van der Waals surface area contributed by atoms with Gasteiger partial charge >= 0.3 is 0 Å². The van der Waals surface area contributed by atoms with Gasteiger partial charge in [-0.25, -0.2) is 0 Å². The number of nitrogens with zero attached hydrogens (tertiary/aromatic N) is 1. The van der Waals surface area contributed by atoms with E-state index in [0.717, 1.165) is 13.0 Å². The molecule has 0 aromatic heterocycles. The zero-order valence-electron chi connectivity index (χ0n) is 7.59. The minimum Gasteiger partial charge on any atom is -0.387 e. The number of nitrogens with two attached hydrogens (primary N) is 1. The van der Waals surface area contributed by atoms with E-state index < -0.39 is 5.60 Å². The Hall–Kier alpha value is -0.120. The van der Waals surface area contributed by atoms with Crippen LogP contribution in [0, 0.1) is 0 Å². The molecular weight excluding hydrogens is 140 g/mol. The summed E-state index contributed by atoms with van der Waals surface area (Å²) < 4.78 is 0. The molecule has 1 fully saturated rings. The monoisotopic (exact) mass is 158 g/mol. The van der Waals surface area contributed by atoms with Gasteiger partial charge in [0.05, 0.1) is 5.60 Å². The highest BCUT2D eigenvalue weighted by atomic mass is 16.3. The van der Waals surface area contributed by atoms with E-state index >= 15 is 0 Å². The lowest BCUT2D eigenvalue weighted by Crippen LogP contribution is -2.56. The quantitative estimate of drug-likeness (QED) is 0.555. The van der Waals surface area contributed by atoms with Crippen molar-refractivity contribution in [2.45, 2.75) is 31.4 Å². The number of hydrogen-bond donors (Lipinski definition) is 2. The first-order chi connectivity index (χ1) is 4.94. The molecule has 1 rings (SSSR count). The van der Waals surface area contributed by atoms with Crippen LogP contribution in [0.4, 0.5) is 0 Å². The van der Waals surface area contributed by atoms with Gasteiger partial charge in [0.15, 0.2) is 0 Å². The van der Waals surface area contributed by atoms with Crippen molar-refractivity contribution in [1.82, 2.24) is 4.90 Å². The van der Waals surface area contributed by atoms with Crippen molar-refractivity contribution in [2.24, 2.45) is 5.73 Å². The number of aliphatic hydroxyl groups is 1. The zero-order valence-corrected chi connectivity index (χ0v) is 7.59. The summed E-state index contributed by atoms with van der Waals surface area (Å²) >= 11 is 0.